The minimum Gasteiger partial charge on any atom is -0.295 e. The highest BCUT2D eigenvalue weighted by molar-refractivity contribution is 6.30. The van der Waals surface area contributed by atoms with Crippen LogP contribution in [0.25, 0.3) is 0 Å². The van der Waals surface area contributed by atoms with Crippen LogP contribution in [0.3, 0.4) is 0 Å². The van der Waals surface area contributed by atoms with E-state index in [2.05, 4.69) is 13.2 Å². The third kappa shape index (κ3) is 4.10. The van der Waals surface area contributed by atoms with Crippen LogP contribution in [0.15, 0.2) is 35.9 Å². The predicted octanol–water partition coefficient (Wildman–Crippen LogP) is 2.44. The van der Waals surface area contributed by atoms with Gasteiger partial charge in [0.25, 0.3) is 0 Å². The molecule has 0 unspecified atom stereocenters. The summed E-state index contributed by atoms with van der Waals surface area (Å²) in [6.45, 7) is 8.35. The third-order valence-electron chi connectivity index (χ3n) is 0.918. The third-order valence-corrected chi connectivity index (χ3v) is 1.04. The molecule has 0 rings (SSSR count). The molecule has 0 aromatic heterocycles. The van der Waals surface area contributed by atoms with Gasteiger partial charge in [-0.2, -0.15) is 0 Å². The second-order valence-corrected chi connectivity index (χ2v) is 2.35. The quantitative estimate of drug-likeness (QED) is 0.453. The smallest absolute Gasteiger partial charge is 0.159 e. The number of halogens is 1. The van der Waals surface area contributed by atoms with Crippen molar-refractivity contribution in [1.82, 2.24) is 0 Å². The Labute approximate surface area is 65.7 Å². The zero-order valence-electron chi connectivity index (χ0n) is 5.86. The SMILES string of the molecule is C=C(Cl)C=CC(=C)C(C)=O. The Kier molecular flexibility index (Phi) is 3.74. The number of hydrogen-bond donors (Lipinski definition) is 0. The van der Waals surface area contributed by atoms with Gasteiger partial charge < -0.3 is 0 Å². The first kappa shape index (κ1) is 9.18. The van der Waals surface area contributed by atoms with Crippen LogP contribution in [0.5, 0.6) is 0 Å². The maximum atomic E-state index is 10.5. The fourth-order valence-corrected chi connectivity index (χ4v) is 0.371. The Morgan fingerprint density at radius 3 is 2.20 bits per heavy atom. The van der Waals surface area contributed by atoms with Crippen LogP contribution in [0.1, 0.15) is 6.92 Å². The van der Waals surface area contributed by atoms with Crippen molar-refractivity contribution in [2.24, 2.45) is 0 Å². The van der Waals surface area contributed by atoms with Crippen molar-refractivity contribution < 1.29 is 4.79 Å². The van der Waals surface area contributed by atoms with E-state index in [9.17, 15) is 4.79 Å². The van der Waals surface area contributed by atoms with E-state index >= 15 is 0 Å². The van der Waals surface area contributed by atoms with Crippen molar-refractivity contribution in [2.75, 3.05) is 0 Å². The predicted molar refractivity (Wildman–Crippen MR) is 44.0 cm³/mol. The topological polar surface area (TPSA) is 17.1 Å². The maximum Gasteiger partial charge on any atom is 0.159 e. The molecule has 0 bridgehead atoms. The molecule has 10 heavy (non-hydrogen) atoms. The number of hydrogen-bond acceptors (Lipinski definition) is 1. The maximum absolute atomic E-state index is 10.5. The molecule has 0 heterocycles. The van der Waals surface area contributed by atoms with E-state index in [4.69, 9.17) is 11.6 Å². The van der Waals surface area contributed by atoms with Crippen LogP contribution in [-0.2, 0) is 4.79 Å². The molecule has 0 amide bonds. The molecule has 1 nitrogen and oxygen atoms in total. The lowest BCUT2D eigenvalue weighted by molar-refractivity contribution is -0.113. The van der Waals surface area contributed by atoms with Gasteiger partial charge in [0.1, 0.15) is 0 Å². The van der Waals surface area contributed by atoms with Crippen molar-refractivity contribution >= 4 is 17.4 Å². The summed E-state index contributed by atoms with van der Waals surface area (Å²) in [5.74, 6) is -0.0610. The molecule has 0 atom stereocenters. The van der Waals surface area contributed by atoms with E-state index in [1.165, 1.54) is 19.1 Å². The first-order valence-corrected chi connectivity index (χ1v) is 3.14. The van der Waals surface area contributed by atoms with Crippen molar-refractivity contribution in [3.63, 3.8) is 0 Å². The summed E-state index contributed by atoms with van der Waals surface area (Å²) in [7, 11) is 0. The molecule has 0 radical (unpaired) electrons. The fourth-order valence-electron chi connectivity index (χ4n) is 0.308. The number of allylic oxidation sites excluding steroid dienone is 4. The Morgan fingerprint density at radius 1 is 1.40 bits per heavy atom. The zero-order valence-corrected chi connectivity index (χ0v) is 6.61. The average molecular weight is 157 g/mol. The van der Waals surface area contributed by atoms with Gasteiger partial charge in [-0.25, -0.2) is 0 Å². The summed E-state index contributed by atoms with van der Waals surface area (Å²) in [5.41, 5.74) is 0.432. The van der Waals surface area contributed by atoms with E-state index < -0.39 is 0 Å². The Balaban J connectivity index is 4.03. The lowest BCUT2D eigenvalue weighted by atomic mass is 10.2. The highest BCUT2D eigenvalue weighted by Crippen LogP contribution is 2.01. The minimum absolute atomic E-state index is 0.0610. The standard InChI is InChI=1S/C8H9ClO/c1-6(8(3)10)4-5-7(2)9/h4-5H,1-2H2,3H3. The monoisotopic (exact) mass is 156 g/mol. The number of carbonyl (C=O) groups excluding carboxylic acids is 1. The molecule has 0 N–H and O–H groups in total. The van der Waals surface area contributed by atoms with Gasteiger partial charge in [-0.05, 0) is 13.0 Å². The van der Waals surface area contributed by atoms with Crippen molar-refractivity contribution in [3.05, 3.63) is 35.9 Å². The van der Waals surface area contributed by atoms with Gasteiger partial charge in [-0.3, -0.25) is 4.79 Å². The summed E-state index contributed by atoms with van der Waals surface area (Å²) in [5, 5.41) is 0.391. The van der Waals surface area contributed by atoms with Crippen LogP contribution >= 0.6 is 11.6 Å². The normalized spacial score (nSPS) is 9.80. The summed E-state index contributed by atoms with van der Waals surface area (Å²) in [6, 6.07) is 0. The summed E-state index contributed by atoms with van der Waals surface area (Å²) in [6.07, 6.45) is 3.07. The van der Waals surface area contributed by atoms with Crippen LogP contribution in [0, 0.1) is 0 Å². The fraction of sp³-hybridized carbons (Fsp3) is 0.125. The van der Waals surface area contributed by atoms with Gasteiger partial charge in [0, 0.05) is 10.6 Å². The minimum atomic E-state index is -0.0610. The first-order valence-electron chi connectivity index (χ1n) is 2.76. The van der Waals surface area contributed by atoms with Crippen molar-refractivity contribution in [2.45, 2.75) is 6.92 Å². The molecule has 0 aliphatic rings. The Hall–Kier alpha value is -0.820. The van der Waals surface area contributed by atoms with Gasteiger partial charge in [0.2, 0.25) is 0 Å². The van der Waals surface area contributed by atoms with Gasteiger partial charge in [-0.15, -0.1) is 0 Å². The molecule has 2 heteroatoms. The molecule has 0 fully saturated rings. The average Bonchev–Trinajstić information content (AvgIpc) is 1.82. The molecular formula is C8H9ClO. The lowest BCUT2D eigenvalue weighted by Gasteiger charge is -1.88. The highest BCUT2D eigenvalue weighted by atomic mass is 35.5. The van der Waals surface area contributed by atoms with Gasteiger partial charge in [0.05, 0.1) is 0 Å². The zero-order chi connectivity index (χ0) is 8.15. The Morgan fingerprint density at radius 2 is 1.90 bits per heavy atom. The van der Waals surface area contributed by atoms with E-state index in [1.54, 1.807) is 0 Å². The number of rotatable bonds is 3. The van der Waals surface area contributed by atoms with Crippen LogP contribution < -0.4 is 0 Å². The molecule has 0 aromatic carbocycles. The summed E-state index contributed by atoms with van der Waals surface area (Å²) >= 11 is 5.39. The molecular weight excluding hydrogens is 148 g/mol. The number of ketones is 1. The highest BCUT2D eigenvalue weighted by Gasteiger charge is 1.92. The number of Topliss-reactive ketones (excluding diaryl/α,β-unsaturated/α-hetero) is 1. The summed E-state index contributed by atoms with van der Waals surface area (Å²) < 4.78 is 0. The molecule has 0 spiro atoms. The van der Waals surface area contributed by atoms with E-state index in [-0.39, 0.29) is 5.78 Å². The van der Waals surface area contributed by atoms with E-state index in [1.807, 2.05) is 0 Å². The molecule has 0 aromatic rings. The second-order valence-electron chi connectivity index (χ2n) is 1.86. The van der Waals surface area contributed by atoms with Crippen molar-refractivity contribution in [1.29, 1.82) is 0 Å². The van der Waals surface area contributed by atoms with E-state index in [0.717, 1.165) is 0 Å². The van der Waals surface area contributed by atoms with Crippen LogP contribution in [0.4, 0.5) is 0 Å². The molecule has 0 aliphatic carbocycles. The number of carbonyl (C=O) groups is 1. The first-order chi connectivity index (χ1) is 4.54. The van der Waals surface area contributed by atoms with Gasteiger partial charge in [-0.1, -0.05) is 30.8 Å². The Bertz CT molecular complexity index is 201. The summed E-state index contributed by atoms with van der Waals surface area (Å²) in [4.78, 5) is 10.5. The molecule has 0 saturated heterocycles. The molecule has 54 valence electrons. The molecule has 0 saturated carbocycles. The largest absolute Gasteiger partial charge is 0.295 e. The van der Waals surface area contributed by atoms with Gasteiger partial charge in [0.15, 0.2) is 5.78 Å². The van der Waals surface area contributed by atoms with Crippen LogP contribution in [-0.4, -0.2) is 5.78 Å². The lowest BCUT2D eigenvalue weighted by Crippen LogP contribution is -1.89. The molecule has 0 aliphatic heterocycles. The van der Waals surface area contributed by atoms with Gasteiger partial charge >= 0.3 is 0 Å². The van der Waals surface area contributed by atoms with Crippen molar-refractivity contribution in [3.8, 4) is 0 Å². The van der Waals surface area contributed by atoms with Crippen LogP contribution in [0.2, 0.25) is 0 Å². The van der Waals surface area contributed by atoms with E-state index in [0.29, 0.717) is 10.6 Å². The second kappa shape index (κ2) is 4.07.